The van der Waals surface area contributed by atoms with Crippen LogP contribution >= 0.6 is 0 Å². The molecule has 2 N–H and O–H groups in total. The van der Waals surface area contributed by atoms with E-state index in [1.165, 1.54) is 0 Å². The van der Waals surface area contributed by atoms with E-state index >= 15 is 0 Å². The van der Waals surface area contributed by atoms with Crippen LogP contribution in [-0.2, 0) is 0 Å². The molecule has 0 radical (unpaired) electrons. The summed E-state index contributed by atoms with van der Waals surface area (Å²) in [6.07, 6.45) is 3.92. The molecule has 0 saturated carbocycles. The van der Waals surface area contributed by atoms with Crippen molar-refractivity contribution in [1.29, 1.82) is 0 Å². The van der Waals surface area contributed by atoms with Gasteiger partial charge >= 0.3 is 0 Å². The summed E-state index contributed by atoms with van der Waals surface area (Å²) >= 11 is 0. The molecule has 5 nitrogen and oxygen atoms in total. The van der Waals surface area contributed by atoms with Gasteiger partial charge < -0.3 is 15.1 Å². The summed E-state index contributed by atoms with van der Waals surface area (Å²) in [5.41, 5.74) is 1.40. The lowest BCUT2D eigenvalue weighted by atomic mass is 10.1. The maximum atomic E-state index is 5.52. The van der Waals surface area contributed by atoms with E-state index in [-0.39, 0.29) is 0 Å². The summed E-state index contributed by atoms with van der Waals surface area (Å²) in [5.74, 6) is 0. The van der Waals surface area contributed by atoms with Crippen LogP contribution in [0.25, 0.3) is 11.2 Å². The van der Waals surface area contributed by atoms with Crippen LogP contribution in [0.3, 0.4) is 0 Å². The molecule has 3 rings (SSSR count). The van der Waals surface area contributed by atoms with E-state index in [2.05, 4.69) is 20.6 Å². The van der Waals surface area contributed by atoms with Crippen molar-refractivity contribution in [3.8, 4) is 0 Å². The van der Waals surface area contributed by atoms with Gasteiger partial charge in [0.2, 0.25) is 5.71 Å². The summed E-state index contributed by atoms with van der Waals surface area (Å²) < 4.78 is 5.52. The zero-order chi connectivity index (χ0) is 10.8. The van der Waals surface area contributed by atoms with Gasteiger partial charge in [-0.2, -0.15) is 4.98 Å². The lowest BCUT2D eigenvalue weighted by Gasteiger charge is -2.22. The molecule has 1 aliphatic heterocycles. The van der Waals surface area contributed by atoms with Gasteiger partial charge in [0.25, 0.3) is 6.01 Å². The second-order valence-electron chi connectivity index (χ2n) is 4.02. The third-order valence-corrected chi connectivity index (χ3v) is 2.83. The first kappa shape index (κ1) is 9.59. The normalized spacial score (nSPS) is 17.8. The Morgan fingerprint density at radius 1 is 1.38 bits per heavy atom. The standard InChI is InChI=1S/C11H14N4O/c1-2-9-10(13-5-1)16-11(15-9)14-8-3-6-12-7-4-8/h1-2,5,8,12H,3-4,6-7H2,(H,14,15). The van der Waals surface area contributed by atoms with Crippen LogP contribution in [0, 0.1) is 0 Å². The van der Waals surface area contributed by atoms with Crippen molar-refractivity contribution in [2.75, 3.05) is 18.4 Å². The number of hydrogen-bond acceptors (Lipinski definition) is 5. The van der Waals surface area contributed by atoms with Crippen molar-refractivity contribution in [2.24, 2.45) is 0 Å². The Morgan fingerprint density at radius 2 is 2.25 bits per heavy atom. The van der Waals surface area contributed by atoms with Crippen LogP contribution in [0.2, 0.25) is 0 Å². The molecule has 1 fully saturated rings. The van der Waals surface area contributed by atoms with E-state index in [0.29, 0.717) is 17.8 Å². The summed E-state index contributed by atoms with van der Waals surface area (Å²) in [7, 11) is 0. The monoisotopic (exact) mass is 218 g/mol. The minimum Gasteiger partial charge on any atom is -0.404 e. The number of nitrogens with one attached hydrogen (secondary N) is 2. The number of oxazole rings is 1. The van der Waals surface area contributed by atoms with Crippen molar-refractivity contribution in [1.82, 2.24) is 15.3 Å². The molecule has 0 spiro atoms. The van der Waals surface area contributed by atoms with Gasteiger partial charge in [0, 0.05) is 12.2 Å². The molecule has 3 heterocycles. The van der Waals surface area contributed by atoms with Crippen LogP contribution in [0.15, 0.2) is 22.7 Å². The minimum absolute atomic E-state index is 0.453. The van der Waals surface area contributed by atoms with Crippen molar-refractivity contribution in [2.45, 2.75) is 18.9 Å². The average molecular weight is 218 g/mol. The Balaban J connectivity index is 1.78. The highest BCUT2D eigenvalue weighted by molar-refractivity contribution is 5.69. The number of hydrogen-bond donors (Lipinski definition) is 2. The fourth-order valence-corrected chi connectivity index (χ4v) is 1.97. The first-order chi connectivity index (χ1) is 7.92. The van der Waals surface area contributed by atoms with Crippen LogP contribution in [0.5, 0.6) is 0 Å². The molecule has 0 atom stereocenters. The lowest BCUT2D eigenvalue weighted by Crippen LogP contribution is -2.35. The number of nitrogens with zero attached hydrogens (tertiary/aromatic N) is 2. The molecular formula is C11H14N4O. The lowest BCUT2D eigenvalue weighted by molar-refractivity contribution is 0.465. The molecule has 1 aliphatic rings. The average Bonchev–Trinajstić information content (AvgIpc) is 2.72. The summed E-state index contributed by atoms with van der Waals surface area (Å²) in [5, 5.41) is 6.64. The topological polar surface area (TPSA) is 63.0 Å². The molecule has 0 unspecified atom stereocenters. The van der Waals surface area contributed by atoms with Crippen molar-refractivity contribution >= 4 is 17.2 Å². The fraction of sp³-hybridized carbons (Fsp3) is 0.455. The second-order valence-corrected chi connectivity index (χ2v) is 4.02. The van der Waals surface area contributed by atoms with Gasteiger partial charge in [0.05, 0.1) is 0 Å². The van der Waals surface area contributed by atoms with E-state index in [9.17, 15) is 0 Å². The highest BCUT2D eigenvalue weighted by Gasteiger charge is 2.15. The van der Waals surface area contributed by atoms with Gasteiger partial charge in [-0.15, -0.1) is 0 Å². The Morgan fingerprint density at radius 3 is 3.06 bits per heavy atom. The van der Waals surface area contributed by atoms with Crippen LogP contribution in [-0.4, -0.2) is 29.1 Å². The number of pyridine rings is 1. The van der Waals surface area contributed by atoms with E-state index in [1.807, 2.05) is 12.1 Å². The SMILES string of the molecule is c1cnc2oc(NC3CCNCC3)nc2c1. The maximum absolute atomic E-state index is 5.52. The van der Waals surface area contributed by atoms with E-state index in [1.54, 1.807) is 6.20 Å². The highest BCUT2D eigenvalue weighted by Crippen LogP contribution is 2.18. The zero-order valence-electron chi connectivity index (χ0n) is 8.94. The van der Waals surface area contributed by atoms with Crippen LogP contribution in [0.1, 0.15) is 12.8 Å². The smallest absolute Gasteiger partial charge is 0.297 e. The molecule has 2 aromatic rings. The van der Waals surface area contributed by atoms with Crippen LogP contribution < -0.4 is 10.6 Å². The molecule has 2 aromatic heterocycles. The minimum atomic E-state index is 0.453. The summed E-state index contributed by atoms with van der Waals surface area (Å²) in [6.45, 7) is 2.10. The Kier molecular flexibility index (Phi) is 2.46. The Bertz CT molecular complexity index is 443. The first-order valence-electron chi connectivity index (χ1n) is 5.60. The molecular weight excluding hydrogens is 204 g/mol. The Labute approximate surface area is 93.3 Å². The molecule has 16 heavy (non-hydrogen) atoms. The van der Waals surface area contributed by atoms with Crippen molar-refractivity contribution in [3.05, 3.63) is 18.3 Å². The molecule has 84 valence electrons. The number of aromatic nitrogens is 2. The van der Waals surface area contributed by atoms with Gasteiger partial charge in [-0.1, -0.05) is 0 Å². The quantitative estimate of drug-likeness (QED) is 0.797. The summed E-state index contributed by atoms with van der Waals surface area (Å²) in [6, 6.07) is 4.80. The molecule has 0 amide bonds. The molecule has 0 aromatic carbocycles. The number of anilines is 1. The predicted molar refractivity (Wildman–Crippen MR) is 61.3 cm³/mol. The van der Waals surface area contributed by atoms with Gasteiger partial charge in [-0.3, -0.25) is 0 Å². The first-order valence-corrected chi connectivity index (χ1v) is 5.60. The molecule has 0 bridgehead atoms. The second kappa shape index (κ2) is 4.09. The van der Waals surface area contributed by atoms with E-state index in [0.717, 1.165) is 31.4 Å². The Hall–Kier alpha value is -1.62. The third kappa shape index (κ3) is 1.86. The molecule has 0 aliphatic carbocycles. The largest absolute Gasteiger partial charge is 0.404 e. The van der Waals surface area contributed by atoms with Gasteiger partial charge in [0.15, 0.2) is 0 Å². The fourth-order valence-electron chi connectivity index (χ4n) is 1.97. The number of fused-ring (bicyclic) bond motifs is 1. The van der Waals surface area contributed by atoms with Crippen LogP contribution in [0.4, 0.5) is 6.01 Å². The molecule has 1 saturated heterocycles. The molecule has 5 heteroatoms. The predicted octanol–water partition coefficient (Wildman–Crippen LogP) is 1.39. The van der Waals surface area contributed by atoms with E-state index in [4.69, 9.17) is 4.42 Å². The maximum Gasteiger partial charge on any atom is 0.297 e. The highest BCUT2D eigenvalue weighted by atomic mass is 16.4. The van der Waals surface area contributed by atoms with Gasteiger partial charge in [-0.05, 0) is 38.1 Å². The van der Waals surface area contributed by atoms with E-state index < -0.39 is 0 Å². The summed E-state index contributed by atoms with van der Waals surface area (Å²) in [4.78, 5) is 8.46. The zero-order valence-corrected chi connectivity index (χ0v) is 8.94. The van der Waals surface area contributed by atoms with Gasteiger partial charge in [-0.25, -0.2) is 4.98 Å². The van der Waals surface area contributed by atoms with Crippen molar-refractivity contribution < 1.29 is 4.42 Å². The third-order valence-electron chi connectivity index (χ3n) is 2.83. The number of rotatable bonds is 2. The van der Waals surface area contributed by atoms with Gasteiger partial charge in [0.1, 0.15) is 5.52 Å². The van der Waals surface area contributed by atoms with Crippen molar-refractivity contribution in [3.63, 3.8) is 0 Å². The number of piperidine rings is 1.